The van der Waals surface area contributed by atoms with Gasteiger partial charge < -0.3 is 0 Å². The van der Waals surface area contributed by atoms with Crippen molar-refractivity contribution in [3.05, 3.63) is 34.9 Å². The molecule has 0 aliphatic rings. The van der Waals surface area contributed by atoms with Gasteiger partial charge in [0.1, 0.15) is 6.29 Å². The monoisotopic (exact) mass is 204 g/mol. The van der Waals surface area contributed by atoms with Gasteiger partial charge in [0.05, 0.1) is 0 Å². The molecule has 0 heterocycles. The molecule has 1 aromatic rings. The Morgan fingerprint density at radius 3 is 2.60 bits per heavy atom. The molecule has 0 amide bonds. The molecule has 0 bridgehead atoms. The van der Waals surface area contributed by atoms with Gasteiger partial charge >= 0.3 is 0 Å². The van der Waals surface area contributed by atoms with Crippen LogP contribution < -0.4 is 0 Å². The molecule has 0 fully saturated rings. The summed E-state index contributed by atoms with van der Waals surface area (Å²) in [7, 11) is 0. The molecule has 0 aliphatic carbocycles. The number of benzene rings is 1. The fourth-order valence-corrected chi connectivity index (χ4v) is 1.74. The predicted molar refractivity (Wildman–Crippen MR) is 64.3 cm³/mol. The lowest BCUT2D eigenvalue weighted by atomic mass is 9.99. The minimum Gasteiger partial charge on any atom is -0.298 e. The van der Waals surface area contributed by atoms with E-state index in [1.807, 2.05) is 13.0 Å². The molecule has 0 N–H and O–H groups in total. The van der Waals surface area contributed by atoms with Crippen molar-refractivity contribution in [3.8, 4) is 0 Å². The van der Waals surface area contributed by atoms with Crippen LogP contribution in [0.1, 0.15) is 48.2 Å². The number of rotatable bonds is 5. The normalized spacial score (nSPS) is 10.7. The molecule has 0 spiro atoms. The summed E-state index contributed by atoms with van der Waals surface area (Å²) < 4.78 is 0. The standard InChI is InChI=1S/C14H20O/c1-11(2)5-4-6-13-7-8-14(10-15)12(3)9-13/h7-11H,4-6H2,1-3H3. The highest BCUT2D eigenvalue weighted by Crippen LogP contribution is 2.13. The summed E-state index contributed by atoms with van der Waals surface area (Å²) >= 11 is 0. The van der Waals surface area contributed by atoms with E-state index in [0.717, 1.165) is 29.8 Å². The molecule has 0 saturated carbocycles. The van der Waals surface area contributed by atoms with Crippen LogP contribution in [0.25, 0.3) is 0 Å². The van der Waals surface area contributed by atoms with Crippen LogP contribution >= 0.6 is 0 Å². The first-order valence-corrected chi connectivity index (χ1v) is 5.68. The van der Waals surface area contributed by atoms with Gasteiger partial charge in [-0.05, 0) is 36.8 Å². The van der Waals surface area contributed by atoms with Gasteiger partial charge in [0.15, 0.2) is 0 Å². The first kappa shape index (κ1) is 12.0. The molecule has 0 atom stereocenters. The van der Waals surface area contributed by atoms with Crippen molar-refractivity contribution < 1.29 is 4.79 Å². The highest BCUT2D eigenvalue weighted by atomic mass is 16.1. The Balaban J connectivity index is 2.56. The zero-order valence-electron chi connectivity index (χ0n) is 9.92. The fraction of sp³-hybridized carbons (Fsp3) is 0.500. The summed E-state index contributed by atoms with van der Waals surface area (Å²) in [5, 5.41) is 0. The second-order valence-electron chi connectivity index (χ2n) is 4.59. The molecule has 1 heteroatoms. The number of hydrogen-bond acceptors (Lipinski definition) is 1. The number of carbonyl (C=O) groups is 1. The summed E-state index contributed by atoms with van der Waals surface area (Å²) in [5.41, 5.74) is 3.24. The van der Waals surface area contributed by atoms with Gasteiger partial charge in [-0.3, -0.25) is 4.79 Å². The van der Waals surface area contributed by atoms with E-state index in [4.69, 9.17) is 0 Å². The van der Waals surface area contributed by atoms with Crippen molar-refractivity contribution in [2.75, 3.05) is 0 Å². The van der Waals surface area contributed by atoms with E-state index >= 15 is 0 Å². The summed E-state index contributed by atoms with van der Waals surface area (Å²) in [6.07, 6.45) is 4.55. The van der Waals surface area contributed by atoms with Crippen molar-refractivity contribution in [2.24, 2.45) is 5.92 Å². The number of carbonyl (C=O) groups excluding carboxylic acids is 1. The largest absolute Gasteiger partial charge is 0.298 e. The fourth-order valence-electron chi connectivity index (χ4n) is 1.74. The van der Waals surface area contributed by atoms with Crippen LogP contribution in [0.5, 0.6) is 0 Å². The van der Waals surface area contributed by atoms with Crippen LogP contribution in [-0.2, 0) is 6.42 Å². The Morgan fingerprint density at radius 1 is 1.33 bits per heavy atom. The Hall–Kier alpha value is -1.11. The lowest BCUT2D eigenvalue weighted by molar-refractivity contribution is 0.112. The molecule has 0 aliphatic heterocycles. The zero-order valence-corrected chi connectivity index (χ0v) is 9.92. The van der Waals surface area contributed by atoms with E-state index in [0.29, 0.717) is 0 Å². The van der Waals surface area contributed by atoms with Crippen LogP contribution in [0.4, 0.5) is 0 Å². The quantitative estimate of drug-likeness (QED) is 0.667. The predicted octanol–water partition coefficient (Wildman–Crippen LogP) is 3.79. The topological polar surface area (TPSA) is 17.1 Å². The molecule has 0 radical (unpaired) electrons. The lowest BCUT2D eigenvalue weighted by Gasteiger charge is -2.06. The molecule has 0 unspecified atom stereocenters. The summed E-state index contributed by atoms with van der Waals surface area (Å²) in [4.78, 5) is 10.6. The van der Waals surface area contributed by atoms with Gasteiger partial charge in [-0.15, -0.1) is 0 Å². The minimum absolute atomic E-state index is 0.778. The number of aryl methyl sites for hydroxylation is 2. The SMILES string of the molecule is Cc1cc(CCCC(C)C)ccc1C=O. The van der Waals surface area contributed by atoms with Crippen molar-refractivity contribution in [1.82, 2.24) is 0 Å². The van der Waals surface area contributed by atoms with Gasteiger partial charge in [0.25, 0.3) is 0 Å². The van der Waals surface area contributed by atoms with Gasteiger partial charge in [-0.25, -0.2) is 0 Å². The van der Waals surface area contributed by atoms with E-state index in [2.05, 4.69) is 26.0 Å². The maximum Gasteiger partial charge on any atom is 0.150 e. The molecule has 1 nitrogen and oxygen atoms in total. The lowest BCUT2D eigenvalue weighted by Crippen LogP contribution is -1.93. The Labute approximate surface area is 92.5 Å². The Morgan fingerprint density at radius 2 is 2.07 bits per heavy atom. The van der Waals surface area contributed by atoms with Gasteiger partial charge in [-0.2, -0.15) is 0 Å². The van der Waals surface area contributed by atoms with Gasteiger partial charge in [0, 0.05) is 5.56 Å². The first-order chi connectivity index (χ1) is 7.13. The second kappa shape index (κ2) is 5.69. The molecule has 82 valence electrons. The molecular formula is C14H20O. The molecule has 0 saturated heterocycles. The van der Waals surface area contributed by atoms with E-state index in [1.165, 1.54) is 18.4 Å². The summed E-state index contributed by atoms with van der Waals surface area (Å²) in [5.74, 6) is 0.778. The van der Waals surface area contributed by atoms with E-state index in [-0.39, 0.29) is 0 Å². The third-order valence-electron chi connectivity index (χ3n) is 2.71. The van der Waals surface area contributed by atoms with Crippen LogP contribution in [0.3, 0.4) is 0 Å². The maximum absolute atomic E-state index is 10.6. The Bertz CT molecular complexity index is 326. The van der Waals surface area contributed by atoms with Crippen molar-refractivity contribution in [1.29, 1.82) is 0 Å². The van der Waals surface area contributed by atoms with Crippen LogP contribution in [-0.4, -0.2) is 6.29 Å². The third kappa shape index (κ3) is 3.86. The highest BCUT2D eigenvalue weighted by Gasteiger charge is 2.00. The molecular weight excluding hydrogens is 184 g/mol. The molecule has 0 aromatic heterocycles. The van der Waals surface area contributed by atoms with E-state index in [9.17, 15) is 4.79 Å². The summed E-state index contributed by atoms with van der Waals surface area (Å²) in [6.45, 7) is 6.50. The maximum atomic E-state index is 10.6. The smallest absolute Gasteiger partial charge is 0.150 e. The number of hydrogen-bond donors (Lipinski definition) is 0. The number of aldehydes is 1. The van der Waals surface area contributed by atoms with E-state index < -0.39 is 0 Å². The minimum atomic E-state index is 0.778. The highest BCUT2D eigenvalue weighted by molar-refractivity contribution is 5.77. The van der Waals surface area contributed by atoms with Crippen molar-refractivity contribution in [2.45, 2.75) is 40.0 Å². The average Bonchev–Trinajstić information content (AvgIpc) is 2.17. The third-order valence-corrected chi connectivity index (χ3v) is 2.71. The van der Waals surface area contributed by atoms with E-state index in [1.54, 1.807) is 0 Å². The molecule has 15 heavy (non-hydrogen) atoms. The Kier molecular flexibility index (Phi) is 4.54. The second-order valence-corrected chi connectivity index (χ2v) is 4.59. The van der Waals surface area contributed by atoms with Crippen molar-refractivity contribution in [3.63, 3.8) is 0 Å². The van der Waals surface area contributed by atoms with Crippen LogP contribution in [0.2, 0.25) is 0 Å². The van der Waals surface area contributed by atoms with Gasteiger partial charge in [0.2, 0.25) is 0 Å². The van der Waals surface area contributed by atoms with Crippen molar-refractivity contribution >= 4 is 6.29 Å². The zero-order chi connectivity index (χ0) is 11.3. The molecule has 1 aromatic carbocycles. The first-order valence-electron chi connectivity index (χ1n) is 5.68. The van der Waals surface area contributed by atoms with Crippen LogP contribution in [0.15, 0.2) is 18.2 Å². The average molecular weight is 204 g/mol. The van der Waals surface area contributed by atoms with Gasteiger partial charge in [-0.1, -0.05) is 38.5 Å². The van der Waals surface area contributed by atoms with Crippen LogP contribution in [0, 0.1) is 12.8 Å². The molecule has 1 rings (SSSR count). The summed E-state index contributed by atoms with van der Waals surface area (Å²) in [6, 6.07) is 6.12.